The average Bonchev–Trinajstić information content (AvgIpc) is 2.74. The lowest BCUT2D eigenvalue weighted by molar-refractivity contribution is -0.129. The van der Waals surface area contributed by atoms with Crippen molar-refractivity contribution >= 4 is 11.6 Å². The molecular weight excluding hydrogens is 259 g/mol. The average molecular weight is 280 g/mol. The number of ether oxygens (including phenoxy) is 1. The Morgan fingerprint density at radius 1 is 1.30 bits per heavy atom. The van der Waals surface area contributed by atoms with E-state index in [4.69, 9.17) is 4.74 Å². The Kier molecular flexibility index (Phi) is 5.21. The molecule has 1 saturated heterocycles. The minimum atomic E-state index is -0.355. The largest absolute Gasteiger partial charge is 0.494 e. The van der Waals surface area contributed by atoms with Crippen molar-refractivity contribution in [1.29, 1.82) is 0 Å². The Morgan fingerprint density at radius 2 is 2.00 bits per heavy atom. The van der Waals surface area contributed by atoms with Crippen LogP contribution in [-0.2, 0) is 4.79 Å². The minimum Gasteiger partial charge on any atom is -0.494 e. The number of halogens is 1. The van der Waals surface area contributed by atoms with E-state index in [9.17, 15) is 9.18 Å². The number of methoxy groups -OCH3 is 1. The number of carbonyl (C=O) groups excluding carboxylic acids is 1. The monoisotopic (exact) mass is 280 g/mol. The Bertz CT molecular complexity index is 457. The van der Waals surface area contributed by atoms with E-state index in [0.29, 0.717) is 11.4 Å². The highest BCUT2D eigenvalue weighted by molar-refractivity contribution is 5.81. The number of carbonyl (C=O) groups is 1. The summed E-state index contributed by atoms with van der Waals surface area (Å²) < 4.78 is 18.2. The van der Waals surface area contributed by atoms with Gasteiger partial charge in [-0.1, -0.05) is 12.8 Å². The Labute approximate surface area is 118 Å². The van der Waals surface area contributed by atoms with E-state index in [1.165, 1.54) is 32.1 Å². The summed E-state index contributed by atoms with van der Waals surface area (Å²) in [5, 5.41) is 3.03. The molecule has 1 aliphatic rings. The van der Waals surface area contributed by atoms with Crippen molar-refractivity contribution in [2.24, 2.45) is 0 Å². The third kappa shape index (κ3) is 3.85. The predicted molar refractivity (Wildman–Crippen MR) is 76.5 cm³/mol. The highest BCUT2D eigenvalue weighted by Gasteiger charge is 2.15. The van der Waals surface area contributed by atoms with Crippen molar-refractivity contribution in [2.75, 3.05) is 32.1 Å². The van der Waals surface area contributed by atoms with Gasteiger partial charge in [0.05, 0.1) is 19.3 Å². The molecular formula is C15H21FN2O2. The van der Waals surface area contributed by atoms with Gasteiger partial charge >= 0.3 is 0 Å². The van der Waals surface area contributed by atoms with Crippen molar-refractivity contribution in [3.05, 3.63) is 24.0 Å². The van der Waals surface area contributed by atoms with Crippen molar-refractivity contribution in [3.8, 4) is 5.75 Å². The zero-order valence-corrected chi connectivity index (χ0v) is 11.8. The fourth-order valence-corrected chi connectivity index (χ4v) is 2.41. The summed E-state index contributed by atoms with van der Waals surface area (Å²) in [5.74, 6) is 0.137. The number of nitrogens with one attached hydrogen (secondary N) is 1. The molecule has 110 valence electrons. The van der Waals surface area contributed by atoms with Gasteiger partial charge in [0.2, 0.25) is 5.91 Å². The summed E-state index contributed by atoms with van der Waals surface area (Å²) in [6.45, 7) is 1.88. The summed E-state index contributed by atoms with van der Waals surface area (Å²) in [6.07, 6.45) is 4.54. The van der Waals surface area contributed by atoms with Crippen LogP contribution in [0.25, 0.3) is 0 Å². The summed E-state index contributed by atoms with van der Waals surface area (Å²) in [4.78, 5) is 14.0. The van der Waals surface area contributed by atoms with Gasteiger partial charge in [0.1, 0.15) is 11.6 Å². The fraction of sp³-hybridized carbons (Fsp3) is 0.533. The zero-order valence-electron chi connectivity index (χ0n) is 11.8. The van der Waals surface area contributed by atoms with Crippen LogP contribution in [0.2, 0.25) is 0 Å². The van der Waals surface area contributed by atoms with E-state index in [-0.39, 0.29) is 18.3 Å². The van der Waals surface area contributed by atoms with Gasteiger partial charge in [0.15, 0.2) is 0 Å². The van der Waals surface area contributed by atoms with Crippen LogP contribution in [0.4, 0.5) is 10.1 Å². The smallest absolute Gasteiger partial charge is 0.241 e. The van der Waals surface area contributed by atoms with Crippen LogP contribution in [0.1, 0.15) is 25.7 Å². The third-order valence-electron chi connectivity index (χ3n) is 3.55. The normalized spacial score (nSPS) is 15.6. The van der Waals surface area contributed by atoms with E-state index in [1.807, 2.05) is 4.90 Å². The first kappa shape index (κ1) is 14.6. The topological polar surface area (TPSA) is 41.6 Å². The third-order valence-corrected chi connectivity index (χ3v) is 3.55. The molecule has 2 rings (SSSR count). The van der Waals surface area contributed by atoms with Gasteiger partial charge in [-0.15, -0.1) is 0 Å². The molecule has 0 spiro atoms. The first-order valence-corrected chi connectivity index (χ1v) is 7.06. The minimum absolute atomic E-state index is 0.0817. The van der Waals surface area contributed by atoms with Crippen LogP contribution in [0, 0.1) is 5.82 Å². The summed E-state index contributed by atoms with van der Waals surface area (Å²) >= 11 is 0. The van der Waals surface area contributed by atoms with E-state index in [0.717, 1.165) is 25.9 Å². The number of hydrogen-bond donors (Lipinski definition) is 1. The molecule has 1 heterocycles. The maximum atomic E-state index is 13.1. The summed E-state index contributed by atoms with van der Waals surface area (Å²) in [6, 6.07) is 4.24. The van der Waals surface area contributed by atoms with Gasteiger partial charge in [-0.05, 0) is 25.0 Å². The van der Waals surface area contributed by atoms with E-state index in [2.05, 4.69) is 5.32 Å². The molecule has 20 heavy (non-hydrogen) atoms. The second-order valence-electron chi connectivity index (χ2n) is 4.99. The molecule has 5 heteroatoms. The van der Waals surface area contributed by atoms with Gasteiger partial charge in [-0.25, -0.2) is 4.39 Å². The van der Waals surface area contributed by atoms with E-state index in [1.54, 1.807) is 6.07 Å². The highest BCUT2D eigenvalue weighted by Crippen LogP contribution is 2.24. The first-order valence-electron chi connectivity index (χ1n) is 7.06. The van der Waals surface area contributed by atoms with Gasteiger partial charge in [0, 0.05) is 19.2 Å². The van der Waals surface area contributed by atoms with Crippen LogP contribution in [0.3, 0.4) is 0 Å². The predicted octanol–water partition coefficient (Wildman–Crippen LogP) is 2.65. The molecule has 0 unspecified atom stereocenters. The molecule has 0 aliphatic carbocycles. The summed E-state index contributed by atoms with van der Waals surface area (Å²) in [7, 11) is 1.48. The highest BCUT2D eigenvalue weighted by atomic mass is 19.1. The number of nitrogens with zero attached hydrogens (tertiary/aromatic N) is 1. The quantitative estimate of drug-likeness (QED) is 0.922. The molecule has 0 radical (unpaired) electrons. The summed E-state index contributed by atoms with van der Waals surface area (Å²) in [5.41, 5.74) is 0.636. The van der Waals surface area contributed by atoms with Crippen LogP contribution >= 0.6 is 0 Å². The van der Waals surface area contributed by atoms with Crippen LogP contribution in [-0.4, -0.2) is 37.6 Å². The van der Waals surface area contributed by atoms with Gasteiger partial charge in [0.25, 0.3) is 0 Å². The lowest BCUT2D eigenvalue weighted by Crippen LogP contribution is -2.36. The molecule has 1 fully saturated rings. The molecule has 0 saturated carbocycles. The van der Waals surface area contributed by atoms with Gasteiger partial charge < -0.3 is 15.0 Å². The van der Waals surface area contributed by atoms with E-state index < -0.39 is 0 Å². The van der Waals surface area contributed by atoms with Crippen LogP contribution in [0.15, 0.2) is 18.2 Å². The molecule has 1 aromatic carbocycles. The molecule has 4 nitrogen and oxygen atoms in total. The Morgan fingerprint density at radius 3 is 2.65 bits per heavy atom. The van der Waals surface area contributed by atoms with Crippen molar-refractivity contribution in [1.82, 2.24) is 4.90 Å². The standard InChI is InChI=1S/C15H21FN2O2/c1-20-14-10-12(16)6-7-13(14)17-11-15(19)18-8-4-2-3-5-9-18/h6-7,10,17H,2-5,8-9,11H2,1H3. The number of hydrogen-bond acceptors (Lipinski definition) is 3. The number of benzene rings is 1. The zero-order chi connectivity index (χ0) is 14.4. The molecule has 1 N–H and O–H groups in total. The lowest BCUT2D eigenvalue weighted by atomic mass is 10.2. The van der Waals surface area contributed by atoms with Crippen molar-refractivity contribution in [2.45, 2.75) is 25.7 Å². The van der Waals surface area contributed by atoms with Gasteiger partial charge in [-0.2, -0.15) is 0 Å². The number of rotatable bonds is 4. The van der Waals surface area contributed by atoms with Crippen molar-refractivity contribution in [3.63, 3.8) is 0 Å². The maximum absolute atomic E-state index is 13.1. The number of anilines is 1. The lowest BCUT2D eigenvalue weighted by Gasteiger charge is -2.21. The molecule has 1 amide bonds. The second-order valence-corrected chi connectivity index (χ2v) is 4.99. The Balaban J connectivity index is 1.92. The van der Waals surface area contributed by atoms with Crippen LogP contribution < -0.4 is 10.1 Å². The maximum Gasteiger partial charge on any atom is 0.241 e. The molecule has 1 aromatic rings. The molecule has 0 bridgehead atoms. The number of amides is 1. The first-order chi connectivity index (χ1) is 9.70. The second kappa shape index (κ2) is 7.12. The van der Waals surface area contributed by atoms with Gasteiger partial charge in [-0.3, -0.25) is 4.79 Å². The molecule has 0 aromatic heterocycles. The number of likely N-dealkylation sites (tertiary alicyclic amines) is 1. The molecule has 0 atom stereocenters. The fourth-order valence-electron chi connectivity index (χ4n) is 2.41. The van der Waals surface area contributed by atoms with Crippen molar-refractivity contribution < 1.29 is 13.9 Å². The SMILES string of the molecule is COc1cc(F)ccc1NCC(=O)N1CCCCCC1. The van der Waals surface area contributed by atoms with E-state index >= 15 is 0 Å². The van der Waals surface area contributed by atoms with Crippen LogP contribution in [0.5, 0.6) is 5.75 Å². The molecule has 1 aliphatic heterocycles. The Hall–Kier alpha value is -1.78.